The molecule has 0 radical (unpaired) electrons. The van der Waals surface area contributed by atoms with Crippen molar-refractivity contribution >= 4 is 17.6 Å². The van der Waals surface area contributed by atoms with Gasteiger partial charge in [-0.3, -0.25) is 4.79 Å². The lowest BCUT2D eigenvalue weighted by molar-refractivity contribution is -0.136. The van der Waals surface area contributed by atoms with Gasteiger partial charge in [-0.2, -0.15) is 0 Å². The lowest BCUT2D eigenvalue weighted by atomic mass is 10.1. The van der Waals surface area contributed by atoms with E-state index >= 15 is 0 Å². The second-order valence-electron chi connectivity index (χ2n) is 7.57. The van der Waals surface area contributed by atoms with Crippen LogP contribution in [-0.4, -0.2) is 23.8 Å². The van der Waals surface area contributed by atoms with E-state index < -0.39 is 5.97 Å². The predicted molar refractivity (Wildman–Crippen MR) is 125 cm³/mol. The number of halogens is 1. The molecule has 3 rings (SSSR count). The number of carboxylic acid groups (broad SMARTS) is 1. The fraction of sp³-hybridized carbons (Fsp3) is 0.269. The quantitative estimate of drug-likeness (QED) is 0.349. The third-order valence-electron chi connectivity index (χ3n) is 4.85. The van der Waals surface area contributed by atoms with Crippen LogP contribution in [0.25, 0.3) is 0 Å². The first-order valence-electron chi connectivity index (χ1n) is 10.5. The summed E-state index contributed by atoms with van der Waals surface area (Å²) >= 11 is 6.15. The summed E-state index contributed by atoms with van der Waals surface area (Å²) in [5.41, 5.74) is 1.97. The number of carboxylic acids is 1. The van der Waals surface area contributed by atoms with Crippen molar-refractivity contribution in [3.8, 4) is 23.0 Å². The van der Waals surface area contributed by atoms with Crippen molar-refractivity contribution in [1.82, 2.24) is 0 Å². The molecule has 0 bridgehead atoms. The molecular weight excluding hydrogens is 428 g/mol. The van der Waals surface area contributed by atoms with Gasteiger partial charge in [0, 0.05) is 23.9 Å². The zero-order valence-corrected chi connectivity index (χ0v) is 19.0. The molecule has 0 saturated carbocycles. The highest BCUT2D eigenvalue weighted by molar-refractivity contribution is 6.30. The number of carbonyl (C=O) groups is 1. The maximum absolute atomic E-state index is 10.7. The molecule has 0 aliphatic carbocycles. The average Bonchev–Trinajstić information content (AvgIpc) is 2.76. The van der Waals surface area contributed by atoms with Gasteiger partial charge in [-0.15, -0.1) is 0 Å². The molecule has 3 aromatic carbocycles. The summed E-state index contributed by atoms with van der Waals surface area (Å²) in [6.07, 6.45) is 1.20. The van der Waals surface area contributed by atoms with Gasteiger partial charge in [-0.05, 0) is 61.7 Å². The third kappa shape index (κ3) is 7.20. The van der Waals surface area contributed by atoms with Gasteiger partial charge >= 0.3 is 5.97 Å². The smallest absolute Gasteiger partial charge is 0.303 e. The minimum absolute atomic E-state index is 0.107. The van der Waals surface area contributed by atoms with Gasteiger partial charge in [0.25, 0.3) is 0 Å². The van der Waals surface area contributed by atoms with Crippen LogP contribution >= 0.6 is 11.6 Å². The second kappa shape index (κ2) is 11.4. The van der Waals surface area contributed by atoms with Gasteiger partial charge in [0.2, 0.25) is 0 Å². The standard InChI is InChI=1S/C26H27ClO5/c1-18-16-20(9-13-26(28)29)8-11-23(18)30-15-14-19(2)31-24-12-10-21(27)17-25(24)32-22-6-4-3-5-7-22/h3-8,10-12,16-17,19H,9,13-15H2,1-2H3,(H,28,29)/t19-/m1/s1. The highest BCUT2D eigenvalue weighted by Gasteiger charge is 2.12. The van der Waals surface area contributed by atoms with Crippen molar-refractivity contribution in [2.24, 2.45) is 0 Å². The Balaban J connectivity index is 1.54. The molecule has 3 aromatic rings. The van der Waals surface area contributed by atoms with Crippen molar-refractivity contribution in [3.63, 3.8) is 0 Å². The van der Waals surface area contributed by atoms with Gasteiger partial charge in [0.1, 0.15) is 11.5 Å². The first-order valence-corrected chi connectivity index (χ1v) is 10.9. The number of hydrogen-bond donors (Lipinski definition) is 1. The summed E-state index contributed by atoms with van der Waals surface area (Å²) in [5.74, 6) is 1.87. The highest BCUT2D eigenvalue weighted by Crippen LogP contribution is 2.35. The van der Waals surface area contributed by atoms with Crippen LogP contribution in [0.1, 0.15) is 30.9 Å². The van der Waals surface area contributed by atoms with Gasteiger partial charge in [-0.25, -0.2) is 0 Å². The Kier molecular flexibility index (Phi) is 8.40. The molecule has 0 amide bonds. The fourth-order valence-electron chi connectivity index (χ4n) is 3.17. The van der Waals surface area contributed by atoms with Crippen LogP contribution in [0.5, 0.6) is 23.0 Å². The molecular formula is C26H27ClO5. The molecule has 6 heteroatoms. The Morgan fingerprint density at radius 2 is 1.75 bits per heavy atom. The summed E-state index contributed by atoms with van der Waals surface area (Å²) < 4.78 is 18.0. The highest BCUT2D eigenvalue weighted by atomic mass is 35.5. The Hall–Kier alpha value is -3.18. The molecule has 0 aliphatic rings. The van der Waals surface area contributed by atoms with Crippen LogP contribution in [0.4, 0.5) is 0 Å². The molecule has 1 N–H and O–H groups in total. The number of aliphatic carboxylic acids is 1. The molecule has 168 valence electrons. The second-order valence-corrected chi connectivity index (χ2v) is 8.00. The van der Waals surface area contributed by atoms with E-state index in [0.29, 0.717) is 41.7 Å². The Morgan fingerprint density at radius 1 is 1.00 bits per heavy atom. The molecule has 0 aromatic heterocycles. The zero-order valence-electron chi connectivity index (χ0n) is 18.2. The summed E-state index contributed by atoms with van der Waals surface area (Å²) in [7, 11) is 0. The number of rotatable bonds is 11. The molecule has 0 unspecified atom stereocenters. The van der Waals surface area contributed by atoms with E-state index in [1.165, 1.54) is 0 Å². The van der Waals surface area contributed by atoms with Gasteiger partial charge in [0.15, 0.2) is 11.5 Å². The fourth-order valence-corrected chi connectivity index (χ4v) is 3.33. The summed E-state index contributed by atoms with van der Waals surface area (Å²) in [4.78, 5) is 10.7. The monoisotopic (exact) mass is 454 g/mol. The molecule has 5 nitrogen and oxygen atoms in total. The molecule has 32 heavy (non-hydrogen) atoms. The first kappa shape index (κ1) is 23.5. The number of para-hydroxylation sites is 1. The van der Waals surface area contributed by atoms with Crippen LogP contribution in [-0.2, 0) is 11.2 Å². The summed E-state index contributed by atoms with van der Waals surface area (Å²) in [6.45, 7) is 4.42. The lowest BCUT2D eigenvalue weighted by Crippen LogP contribution is -2.16. The van der Waals surface area contributed by atoms with Crippen LogP contribution in [0, 0.1) is 6.92 Å². The van der Waals surface area contributed by atoms with E-state index in [1.807, 2.05) is 62.4 Å². The van der Waals surface area contributed by atoms with E-state index in [2.05, 4.69) is 0 Å². The summed E-state index contributed by atoms with van der Waals surface area (Å²) in [6, 6.07) is 20.6. The van der Waals surface area contributed by atoms with E-state index in [0.717, 1.165) is 16.9 Å². The molecule has 0 spiro atoms. The summed E-state index contributed by atoms with van der Waals surface area (Å²) in [5, 5.41) is 9.40. The van der Waals surface area contributed by atoms with Gasteiger partial charge < -0.3 is 19.3 Å². The van der Waals surface area contributed by atoms with Crippen molar-refractivity contribution in [3.05, 3.63) is 82.9 Å². The molecule has 0 saturated heterocycles. The minimum atomic E-state index is -0.796. The minimum Gasteiger partial charge on any atom is -0.493 e. The van der Waals surface area contributed by atoms with Crippen LogP contribution in [0.15, 0.2) is 66.7 Å². The van der Waals surface area contributed by atoms with Crippen LogP contribution in [0.3, 0.4) is 0 Å². The van der Waals surface area contributed by atoms with Gasteiger partial charge in [-0.1, -0.05) is 41.9 Å². The van der Waals surface area contributed by atoms with Crippen LogP contribution in [0.2, 0.25) is 5.02 Å². The molecule has 0 aliphatic heterocycles. The lowest BCUT2D eigenvalue weighted by Gasteiger charge is -2.18. The van der Waals surface area contributed by atoms with E-state index in [4.69, 9.17) is 30.9 Å². The number of benzene rings is 3. The SMILES string of the molecule is Cc1cc(CCC(=O)O)ccc1OCC[C@@H](C)Oc1ccc(Cl)cc1Oc1ccccc1. The normalized spacial score (nSPS) is 11.6. The zero-order chi connectivity index (χ0) is 22.9. The van der Waals surface area contributed by atoms with E-state index in [1.54, 1.807) is 18.2 Å². The Bertz CT molecular complexity index is 1040. The van der Waals surface area contributed by atoms with Crippen molar-refractivity contribution < 1.29 is 24.1 Å². The predicted octanol–water partition coefficient (Wildman–Crippen LogP) is 6.69. The molecule has 0 heterocycles. The maximum atomic E-state index is 10.7. The van der Waals surface area contributed by atoms with Crippen LogP contribution < -0.4 is 14.2 Å². The van der Waals surface area contributed by atoms with Crippen molar-refractivity contribution in [2.75, 3.05) is 6.61 Å². The first-order chi connectivity index (χ1) is 15.4. The van der Waals surface area contributed by atoms with E-state index in [-0.39, 0.29) is 12.5 Å². The van der Waals surface area contributed by atoms with Gasteiger partial charge in [0.05, 0.1) is 12.7 Å². The number of hydrogen-bond acceptors (Lipinski definition) is 4. The maximum Gasteiger partial charge on any atom is 0.303 e. The van der Waals surface area contributed by atoms with E-state index in [9.17, 15) is 4.79 Å². The number of ether oxygens (including phenoxy) is 3. The largest absolute Gasteiger partial charge is 0.493 e. The average molecular weight is 455 g/mol. The molecule has 0 fully saturated rings. The van der Waals surface area contributed by atoms with Crippen molar-refractivity contribution in [2.45, 2.75) is 39.2 Å². The topological polar surface area (TPSA) is 65.0 Å². The Labute approximate surface area is 193 Å². The Morgan fingerprint density at radius 3 is 2.47 bits per heavy atom. The molecule has 1 atom stereocenters. The third-order valence-corrected chi connectivity index (χ3v) is 5.09. The van der Waals surface area contributed by atoms with Crippen molar-refractivity contribution in [1.29, 1.82) is 0 Å². The number of aryl methyl sites for hydroxylation is 2.